The molecule has 0 atom stereocenters. The van der Waals surface area contributed by atoms with Crippen LogP contribution in [-0.4, -0.2) is 43.9 Å². The zero-order valence-electron chi connectivity index (χ0n) is 17.5. The minimum absolute atomic E-state index is 0.0306. The van der Waals surface area contributed by atoms with Crippen LogP contribution in [0.2, 0.25) is 0 Å². The lowest BCUT2D eigenvalue weighted by atomic mass is 10.00. The van der Waals surface area contributed by atoms with Crippen molar-refractivity contribution in [2.45, 2.75) is 45.7 Å². The van der Waals surface area contributed by atoms with Gasteiger partial charge >= 0.3 is 0 Å². The van der Waals surface area contributed by atoms with Crippen LogP contribution >= 0.6 is 0 Å². The monoisotopic (exact) mass is 407 g/mol. The molecule has 0 radical (unpaired) electrons. The summed E-state index contributed by atoms with van der Waals surface area (Å²) in [5, 5.41) is 8.82. The molecule has 0 spiro atoms. The average molecular weight is 407 g/mol. The van der Waals surface area contributed by atoms with Crippen LogP contribution in [0.25, 0.3) is 11.6 Å². The van der Waals surface area contributed by atoms with Crippen molar-refractivity contribution in [3.63, 3.8) is 0 Å². The molecule has 3 aromatic rings. The highest BCUT2D eigenvalue weighted by Gasteiger charge is 2.33. The van der Waals surface area contributed by atoms with E-state index in [0.717, 1.165) is 54.0 Å². The second kappa shape index (κ2) is 7.36. The van der Waals surface area contributed by atoms with Gasteiger partial charge in [-0.25, -0.2) is 0 Å². The second-order valence-corrected chi connectivity index (χ2v) is 8.22. The molecule has 2 aliphatic rings. The lowest BCUT2D eigenvalue weighted by Gasteiger charge is -2.18. The van der Waals surface area contributed by atoms with Gasteiger partial charge in [-0.05, 0) is 38.3 Å². The molecule has 4 heterocycles. The SMILES string of the molecule is Cc1ccc(C(=O)N2Cc3c(-c4nc(C5CCOCC5)no4)nn(C)c3C2)c(C)c1. The van der Waals surface area contributed by atoms with Gasteiger partial charge in [0.25, 0.3) is 11.8 Å². The van der Waals surface area contributed by atoms with Gasteiger partial charge in [-0.1, -0.05) is 22.9 Å². The first-order chi connectivity index (χ1) is 14.5. The number of nitrogens with zero attached hydrogens (tertiary/aromatic N) is 5. The average Bonchev–Trinajstić information content (AvgIpc) is 3.45. The Morgan fingerprint density at radius 3 is 2.73 bits per heavy atom. The van der Waals surface area contributed by atoms with Gasteiger partial charge in [-0.2, -0.15) is 10.1 Å². The Hall–Kier alpha value is -3.00. The Balaban J connectivity index is 1.40. The molecule has 1 saturated heterocycles. The Bertz CT molecular complexity index is 1110. The number of benzene rings is 1. The summed E-state index contributed by atoms with van der Waals surface area (Å²) in [6.07, 6.45) is 1.80. The minimum Gasteiger partial charge on any atom is -0.381 e. The fourth-order valence-electron chi connectivity index (χ4n) is 4.39. The topological polar surface area (TPSA) is 86.3 Å². The van der Waals surface area contributed by atoms with Crippen molar-refractivity contribution in [3.05, 3.63) is 52.0 Å². The quantitative estimate of drug-likeness (QED) is 0.663. The van der Waals surface area contributed by atoms with E-state index >= 15 is 0 Å². The van der Waals surface area contributed by atoms with E-state index in [1.165, 1.54) is 0 Å². The molecule has 8 nitrogen and oxygen atoms in total. The van der Waals surface area contributed by atoms with Crippen molar-refractivity contribution in [2.75, 3.05) is 13.2 Å². The van der Waals surface area contributed by atoms with Crippen LogP contribution in [0.4, 0.5) is 0 Å². The number of rotatable bonds is 3. The highest BCUT2D eigenvalue weighted by Crippen LogP contribution is 2.34. The van der Waals surface area contributed by atoms with Gasteiger partial charge in [0, 0.05) is 37.3 Å². The summed E-state index contributed by atoms with van der Waals surface area (Å²) in [5.74, 6) is 1.43. The van der Waals surface area contributed by atoms with Crippen molar-refractivity contribution in [1.82, 2.24) is 24.8 Å². The smallest absolute Gasteiger partial charge is 0.278 e. The molecule has 0 aliphatic carbocycles. The normalized spacial score (nSPS) is 16.8. The van der Waals surface area contributed by atoms with Crippen LogP contribution in [-0.2, 0) is 24.9 Å². The van der Waals surface area contributed by atoms with Crippen molar-refractivity contribution in [2.24, 2.45) is 7.05 Å². The predicted molar refractivity (Wildman–Crippen MR) is 109 cm³/mol. The third kappa shape index (κ3) is 3.21. The first-order valence-electron chi connectivity index (χ1n) is 10.3. The molecule has 0 saturated carbocycles. The van der Waals surface area contributed by atoms with E-state index in [2.05, 4.69) is 15.2 Å². The minimum atomic E-state index is 0.0306. The van der Waals surface area contributed by atoms with Gasteiger partial charge in [-0.3, -0.25) is 9.48 Å². The fourth-order valence-corrected chi connectivity index (χ4v) is 4.39. The number of fused-ring (bicyclic) bond motifs is 1. The lowest BCUT2D eigenvalue weighted by Crippen LogP contribution is -2.27. The Kier molecular flexibility index (Phi) is 4.66. The molecule has 8 heteroatoms. The van der Waals surface area contributed by atoms with Crippen molar-refractivity contribution >= 4 is 5.91 Å². The van der Waals surface area contributed by atoms with E-state index < -0.39 is 0 Å². The molecular formula is C22H25N5O3. The van der Waals surface area contributed by atoms with E-state index in [1.54, 1.807) is 0 Å². The maximum absolute atomic E-state index is 13.1. The van der Waals surface area contributed by atoms with E-state index in [-0.39, 0.29) is 11.8 Å². The first-order valence-corrected chi connectivity index (χ1v) is 10.3. The maximum atomic E-state index is 13.1. The van der Waals surface area contributed by atoms with Crippen molar-refractivity contribution in [1.29, 1.82) is 0 Å². The van der Waals surface area contributed by atoms with E-state index in [9.17, 15) is 4.79 Å². The number of hydrogen-bond donors (Lipinski definition) is 0. The third-order valence-electron chi connectivity index (χ3n) is 6.09. The molecule has 0 N–H and O–H groups in total. The molecule has 30 heavy (non-hydrogen) atoms. The maximum Gasteiger partial charge on any atom is 0.278 e. The number of aryl methyl sites for hydroxylation is 3. The highest BCUT2D eigenvalue weighted by molar-refractivity contribution is 5.96. The van der Waals surface area contributed by atoms with Gasteiger partial charge in [-0.15, -0.1) is 0 Å². The largest absolute Gasteiger partial charge is 0.381 e. The third-order valence-corrected chi connectivity index (χ3v) is 6.09. The molecule has 2 aliphatic heterocycles. The summed E-state index contributed by atoms with van der Waals surface area (Å²) in [7, 11) is 1.89. The van der Waals surface area contributed by atoms with E-state index in [4.69, 9.17) is 9.26 Å². The number of hydrogen-bond acceptors (Lipinski definition) is 6. The Morgan fingerprint density at radius 1 is 1.17 bits per heavy atom. The zero-order valence-corrected chi connectivity index (χ0v) is 17.5. The summed E-state index contributed by atoms with van der Waals surface area (Å²) in [6, 6.07) is 5.93. The van der Waals surface area contributed by atoms with E-state index in [0.29, 0.717) is 30.5 Å². The Morgan fingerprint density at radius 2 is 1.97 bits per heavy atom. The molecule has 156 valence electrons. The van der Waals surface area contributed by atoms with Crippen LogP contribution in [0.1, 0.15) is 57.3 Å². The van der Waals surface area contributed by atoms with Crippen LogP contribution in [0.3, 0.4) is 0 Å². The molecule has 5 rings (SSSR count). The van der Waals surface area contributed by atoms with Gasteiger partial charge in [0.15, 0.2) is 11.5 Å². The number of carbonyl (C=O) groups excluding carboxylic acids is 1. The standard InChI is InChI=1S/C22H25N5O3/c1-13-4-5-16(14(2)10-13)22(28)27-11-17-18(12-27)26(3)24-19(17)21-23-20(25-30-21)15-6-8-29-9-7-15/h4-5,10,15H,6-9,11-12H2,1-3H3. The van der Waals surface area contributed by atoms with Crippen molar-refractivity contribution in [3.8, 4) is 11.6 Å². The molecule has 0 unspecified atom stereocenters. The number of amides is 1. The van der Waals surface area contributed by atoms with Crippen LogP contribution in [0.15, 0.2) is 22.7 Å². The molecule has 0 bridgehead atoms. The summed E-state index contributed by atoms with van der Waals surface area (Å²) in [4.78, 5) is 19.6. The number of aromatic nitrogens is 4. The van der Waals surface area contributed by atoms with Gasteiger partial charge in [0.2, 0.25) is 0 Å². The lowest BCUT2D eigenvalue weighted by molar-refractivity contribution is 0.0747. The van der Waals surface area contributed by atoms with E-state index in [1.807, 2.05) is 48.7 Å². The predicted octanol–water partition coefficient (Wildman–Crippen LogP) is 3.14. The molecule has 1 amide bonds. The van der Waals surface area contributed by atoms with Crippen LogP contribution in [0, 0.1) is 13.8 Å². The molecule has 1 aromatic carbocycles. The van der Waals surface area contributed by atoms with Crippen LogP contribution < -0.4 is 0 Å². The second-order valence-electron chi connectivity index (χ2n) is 8.22. The number of ether oxygens (including phenoxy) is 1. The highest BCUT2D eigenvalue weighted by atomic mass is 16.5. The van der Waals surface area contributed by atoms with Gasteiger partial charge in [0.1, 0.15) is 0 Å². The fraction of sp³-hybridized carbons (Fsp3) is 0.455. The molecule has 1 fully saturated rings. The molecule has 2 aromatic heterocycles. The summed E-state index contributed by atoms with van der Waals surface area (Å²) < 4.78 is 12.8. The summed E-state index contributed by atoms with van der Waals surface area (Å²) in [6.45, 7) is 6.47. The zero-order chi connectivity index (χ0) is 20.8. The molecular weight excluding hydrogens is 382 g/mol. The van der Waals surface area contributed by atoms with Crippen molar-refractivity contribution < 1.29 is 14.1 Å². The summed E-state index contributed by atoms with van der Waals surface area (Å²) in [5.41, 5.74) is 5.55. The summed E-state index contributed by atoms with van der Waals surface area (Å²) >= 11 is 0. The Labute approximate surface area is 174 Å². The first kappa shape index (κ1) is 19.0. The number of carbonyl (C=O) groups is 1. The van der Waals surface area contributed by atoms with Gasteiger partial charge < -0.3 is 14.2 Å². The van der Waals surface area contributed by atoms with Gasteiger partial charge in [0.05, 0.1) is 18.8 Å². The van der Waals surface area contributed by atoms with Crippen LogP contribution in [0.5, 0.6) is 0 Å².